The van der Waals surface area contributed by atoms with E-state index in [1.54, 1.807) is 18.6 Å². The van der Waals surface area contributed by atoms with E-state index in [1.807, 2.05) is 18.7 Å². The second-order valence-electron chi connectivity index (χ2n) is 6.80. The number of rotatable bonds is 4. The van der Waals surface area contributed by atoms with Crippen LogP contribution in [0.5, 0.6) is 0 Å². The van der Waals surface area contributed by atoms with Gasteiger partial charge in [-0.25, -0.2) is 9.97 Å². The average molecular weight is 364 g/mol. The van der Waals surface area contributed by atoms with Gasteiger partial charge in [-0.3, -0.25) is 14.8 Å². The summed E-state index contributed by atoms with van der Waals surface area (Å²) in [4.78, 5) is 31.5. The minimum atomic E-state index is -0.0684. The minimum absolute atomic E-state index is 0.0684. The maximum Gasteiger partial charge on any atom is 0.274 e. The summed E-state index contributed by atoms with van der Waals surface area (Å²) in [5.74, 6) is 1.02. The van der Waals surface area contributed by atoms with Gasteiger partial charge in [0, 0.05) is 31.7 Å². The molecule has 1 amide bonds. The van der Waals surface area contributed by atoms with Crippen LogP contribution in [-0.4, -0.2) is 49.0 Å². The van der Waals surface area contributed by atoms with Gasteiger partial charge in [0.15, 0.2) is 0 Å². The summed E-state index contributed by atoms with van der Waals surface area (Å²) < 4.78 is 5.23. The zero-order valence-corrected chi connectivity index (χ0v) is 15.3. The van der Waals surface area contributed by atoms with Crippen molar-refractivity contribution in [2.75, 3.05) is 13.1 Å². The smallest absolute Gasteiger partial charge is 0.274 e. The molecule has 27 heavy (non-hydrogen) atoms. The number of likely N-dealkylation sites (tertiary alicyclic amines) is 1. The monoisotopic (exact) mass is 364 g/mol. The van der Waals surface area contributed by atoms with Gasteiger partial charge in [0.2, 0.25) is 0 Å². The third-order valence-electron chi connectivity index (χ3n) is 4.83. The predicted molar refractivity (Wildman–Crippen MR) is 96.7 cm³/mol. The summed E-state index contributed by atoms with van der Waals surface area (Å²) in [5.41, 5.74) is 3.77. The van der Waals surface area contributed by atoms with Crippen LogP contribution in [0.2, 0.25) is 0 Å². The quantitative estimate of drug-likeness (QED) is 0.700. The van der Waals surface area contributed by atoms with Gasteiger partial charge in [-0.05, 0) is 32.6 Å². The van der Waals surface area contributed by atoms with Crippen molar-refractivity contribution >= 4 is 5.91 Å². The SMILES string of the molecule is Cc1noc(C)c1-c1cncc(C[C@@H]2CCN(C(=O)c3cnccn3)C2)n1. The number of hydrogen-bond donors (Lipinski definition) is 0. The third kappa shape index (κ3) is 3.55. The Labute approximate surface area is 156 Å². The van der Waals surface area contributed by atoms with Crippen LogP contribution in [0.15, 0.2) is 35.5 Å². The number of carbonyl (C=O) groups is 1. The van der Waals surface area contributed by atoms with Crippen LogP contribution in [-0.2, 0) is 6.42 Å². The van der Waals surface area contributed by atoms with Crippen molar-refractivity contribution in [2.45, 2.75) is 26.7 Å². The Kier molecular flexibility index (Phi) is 4.62. The Morgan fingerprint density at radius 1 is 1.22 bits per heavy atom. The van der Waals surface area contributed by atoms with Crippen LogP contribution in [0.1, 0.15) is 34.1 Å². The van der Waals surface area contributed by atoms with E-state index >= 15 is 0 Å². The van der Waals surface area contributed by atoms with E-state index < -0.39 is 0 Å². The molecule has 1 fully saturated rings. The molecule has 0 spiro atoms. The van der Waals surface area contributed by atoms with Gasteiger partial charge in [0.25, 0.3) is 5.91 Å². The number of aromatic nitrogens is 5. The van der Waals surface area contributed by atoms with Crippen molar-refractivity contribution in [3.8, 4) is 11.3 Å². The first-order valence-corrected chi connectivity index (χ1v) is 8.91. The molecule has 0 aromatic carbocycles. The first-order valence-electron chi connectivity index (χ1n) is 8.91. The van der Waals surface area contributed by atoms with Gasteiger partial charge < -0.3 is 9.42 Å². The number of carbonyl (C=O) groups excluding carboxylic acids is 1. The number of amides is 1. The Hall–Kier alpha value is -3.16. The van der Waals surface area contributed by atoms with Gasteiger partial charge in [0.1, 0.15) is 11.5 Å². The Morgan fingerprint density at radius 3 is 2.85 bits per heavy atom. The third-order valence-corrected chi connectivity index (χ3v) is 4.83. The van der Waals surface area contributed by atoms with Crippen LogP contribution in [0.3, 0.4) is 0 Å². The van der Waals surface area contributed by atoms with Crippen molar-refractivity contribution in [3.05, 3.63) is 53.8 Å². The van der Waals surface area contributed by atoms with E-state index in [4.69, 9.17) is 9.51 Å². The molecule has 1 saturated heterocycles. The maximum absolute atomic E-state index is 12.5. The molecule has 4 rings (SSSR count). The predicted octanol–water partition coefficient (Wildman–Crippen LogP) is 2.24. The van der Waals surface area contributed by atoms with Crippen molar-refractivity contribution < 1.29 is 9.32 Å². The summed E-state index contributed by atoms with van der Waals surface area (Å²) in [6.07, 6.45) is 9.83. The summed E-state index contributed by atoms with van der Waals surface area (Å²) in [6, 6.07) is 0. The lowest BCUT2D eigenvalue weighted by Crippen LogP contribution is -2.29. The van der Waals surface area contributed by atoms with E-state index in [1.165, 1.54) is 12.4 Å². The van der Waals surface area contributed by atoms with Gasteiger partial charge in [-0.2, -0.15) is 0 Å². The van der Waals surface area contributed by atoms with E-state index in [2.05, 4.69) is 20.1 Å². The largest absolute Gasteiger partial charge is 0.361 e. The number of nitrogens with zero attached hydrogens (tertiary/aromatic N) is 6. The van der Waals surface area contributed by atoms with Crippen molar-refractivity contribution in [2.24, 2.45) is 5.92 Å². The second-order valence-corrected chi connectivity index (χ2v) is 6.80. The highest BCUT2D eigenvalue weighted by Gasteiger charge is 2.28. The van der Waals surface area contributed by atoms with Crippen LogP contribution >= 0.6 is 0 Å². The van der Waals surface area contributed by atoms with Crippen LogP contribution in [0.4, 0.5) is 0 Å². The van der Waals surface area contributed by atoms with E-state index in [9.17, 15) is 4.79 Å². The molecule has 8 heteroatoms. The van der Waals surface area contributed by atoms with Crippen LogP contribution < -0.4 is 0 Å². The number of aryl methyl sites for hydroxylation is 2. The minimum Gasteiger partial charge on any atom is -0.361 e. The summed E-state index contributed by atoms with van der Waals surface area (Å²) in [7, 11) is 0. The first-order chi connectivity index (χ1) is 13.1. The van der Waals surface area contributed by atoms with E-state index in [0.29, 0.717) is 18.2 Å². The molecule has 0 N–H and O–H groups in total. The van der Waals surface area contributed by atoms with Crippen molar-refractivity contribution in [1.82, 2.24) is 30.0 Å². The van der Waals surface area contributed by atoms with E-state index in [-0.39, 0.29) is 5.91 Å². The fourth-order valence-electron chi connectivity index (χ4n) is 3.52. The van der Waals surface area contributed by atoms with Crippen molar-refractivity contribution in [1.29, 1.82) is 0 Å². The molecule has 1 aliphatic heterocycles. The topological polar surface area (TPSA) is 97.9 Å². The molecule has 0 unspecified atom stereocenters. The molecule has 1 atom stereocenters. The molecule has 1 aliphatic rings. The maximum atomic E-state index is 12.5. The molecule has 3 aromatic heterocycles. The molecule has 138 valence electrons. The first kappa shape index (κ1) is 17.3. The molecule has 4 heterocycles. The molecule has 0 bridgehead atoms. The molecular formula is C19H20N6O2. The van der Waals surface area contributed by atoms with Gasteiger partial charge in [-0.1, -0.05) is 5.16 Å². The lowest BCUT2D eigenvalue weighted by molar-refractivity contribution is 0.0780. The molecule has 0 saturated carbocycles. The zero-order valence-electron chi connectivity index (χ0n) is 15.3. The highest BCUT2D eigenvalue weighted by atomic mass is 16.5. The molecule has 8 nitrogen and oxygen atoms in total. The normalized spacial score (nSPS) is 16.7. The Balaban J connectivity index is 1.45. The molecular weight excluding hydrogens is 344 g/mol. The summed E-state index contributed by atoms with van der Waals surface area (Å²) in [5, 5.41) is 3.99. The molecule has 0 aliphatic carbocycles. The molecule has 3 aromatic rings. The molecule has 0 radical (unpaired) electrons. The second kappa shape index (κ2) is 7.22. The highest BCUT2D eigenvalue weighted by molar-refractivity contribution is 5.92. The van der Waals surface area contributed by atoms with Gasteiger partial charge in [-0.15, -0.1) is 0 Å². The lowest BCUT2D eigenvalue weighted by Gasteiger charge is -2.15. The Morgan fingerprint density at radius 2 is 2.11 bits per heavy atom. The van der Waals surface area contributed by atoms with Crippen LogP contribution in [0, 0.1) is 19.8 Å². The highest BCUT2D eigenvalue weighted by Crippen LogP contribution is 2.26. The fraction of sp³-hybridized carbons (Fsp3) is 0.368. The fourth-order valence-corrected chi connectivity index (χ4v) is 3.52. The zero-order chi connectivity index (χ0) is 18.8. The lowest BCUT2D eigenvalue weighted by atomic mass is 10.0. The van der Waals surface area contributed by atoms with E-state index in [0.717, 1.165) is 47.8 Å². The van der Waals surface area contributed by atoms with Crippen molar-refractivity contribution in [3.63, 3.8) is 0 Å². The number of hydrogen-bond acceptors (Lipinski definition) is 7. The van der Waals surface area contributed by atoms with Gasteiger partial charge in [0.05, 0.1) is 35.0 Å². The van der Waals surface area contributed by atoms with Crippen LogP contribution in [0.25, 0.3) is 11.3 Å². The Bertz CT molecular complexity index is 936. The van der Waals surface area contributed by atoms with Gasteiger partial charge >= 0.3 is 0 Å². The average Bonchev–Trinajstić information content (AvgIpc) is 3.28. The summed E-state index contributed by atoms with van der Waals surface area (Å²) in [6.45, 7) is 5.17. The summed E-state index contributed by atoms with van der Waals surface area (Å²) >= 11 is 0. The standard InChI is InChI=1S/C19H20N6O2/c1-12-18(13(2)27-24-12)16-9-21-8-15(23-16)7-14-3-6-25(11-14)19(26)17-10-20-4-5-22-17/h4-5,8-10,14H,3,6-7,11H2,1-2H3/t14-/m0/s1.